The molecular weight excluding hydrogens is 264 g/mol. The van der Waals surface area contributed by atoms with Crippen molar-refractivity contribution in [2.75, 3.05) is 12.3 Å². The van der Waals surface area contributed by atoms with Crippen molar-refractivity contribution >= 4 is 11.6 Å². The minimum absolute atomic E-state index is 0.0241. The summed E-state index contributed by atoms with van der Waals surface area (Å²) in [4.78, 5) is 12.2. The topological polar surface area (TPSA) is 64.3 Å². The summed E-state index contributed by atoms with van der Waals surface area (Å²) in [6.45, 7) is 7.26. The van der Waals surface area contributed by atoms with Crippen molar-refractivity contribution in [2.45, 2.75) is 52.2 Å². The van der Waals surface area contributed by atoms with Gasteiger partial charge in [-0.05, 0) is 31.0 Å². The van der Waals surface area contributed by atoms with Gasteiger partial charge in [0.25, 0.3) is 5.91 Å². The van der Waals surface area contributed by atoms with E-state index in [4.69, 9.17) is 10.5 Å². The number of amides is 1. The van der Waals surface area contributed by atoms with Crippen molar-refractivity contribution in [3.8, 4) is 0 Å². The predicted octanol–water partition coefficient (Wildman–Crippen LogP) is 2.98. The first-order chi connectivity index (χ1) is 9.95. The largest absolute Gasteiger partial charge is 0.399 e. The average Bonchev–Trinajstić information content (AvgIpc) is 2.45. The zero-order chi connectivity index (χ0) is 15.5. The van der Waals surface area contributed by atoms with E-state index in [-0.39, 0.29) is 23.5 Å². The summed E-state index contributed by atoms with van der Waals surface area (Å²) in [6, 6.07) is 7.22. The number of nitrogens with two attached hydrogens (primary N) is 1. The quantitative estimate of drug-likeness (QED) is 0.625. The molecule has 1 aliphatic carbocycles. The Kier molecular flexibility index (Phi) is 4.88. The number of benzene rings is 1. The van der Waals surface area contributed by atoms with Crippen LogP contribution in [0.1, 0.15) is 50.4 Å². The fourth-order valence-electron chi connectivity index (χ4n) is 2.70. The van der Waals surface area contributed by atoms with E-state index in [0.29, 0.717) is 11.3 Å². The summed E-state index contributed by atoms with van der Waals surface area (Å²) in [5.41, 5.74) is 6.91. The lowest BCUT2D eigenvalue weighted by Crippen LogP contribution is -2.62. The molecule has 2 rings (SSSR count). The Bertz CT molecular complexity index is 499. The Balaban J connectivity index is 1.88. The summed E-state index contributed by atoms with van der Waals surface area (Å²) in [7, 11) is 0. The normalized spacial score (nSPS) is 23.4. The number of hydrogen-bond donors (Lipinski definition) is 2. The summed E-state index contributed by atoms with van der Waals surface area (Å²) in [5.74, 6) is -0.0626. The van der Waals surface area contributed by atoms with E-state index in [1.165, 1.54) is 0 Å². The van der Waals surface area contributed by atoms with Crippen LogP contribution in [0.25, 0.3) is 0 Å². The van der Waals surface area contributed by atoms with Gasteiger partial charge in [-0.1, -0.05) is 33.3 Å². The molecule has 0 saturated heterocycles. The third kappa shape index (κ3) is 3.56. The van der Waals surface area contributed by atoms with E-state index in [9.17, 15) is 4.79 Å². The second kappa shape index (κ2) is 6.48. The number of nitrogen functional groups attached to an aromatic ring is 1. The number of anilines is 1. The number of carbonyl (C=O) groups excluding carboxylic acids is 1. The molecule has 0 aromatic heterocycles. The highest BCUT2D eigenvalue weighted by Crippen LogP contribution is 2.43. The summed E-state index contributed by atoms with van der Waals surface area (Å²) in [5, 5.41) is 3.10. The van der Waals surface area contributed by atoms with E-state index in [0.717, 1.165) is 25.9 Å². The minimum atomic E-state index is -0.0626. The SMILES string of the molecule is CCCCOC1CC(NC(=O)c2cccc(N)c2)C1(C)C. The second-order valence-corrected chi connectivity index (χ2v) is 6.42. The summed E-state index contributed by atoms with van der Waals surface area (Å²) in [6.07, 6.45) is 3.34. The molecule has 1 aromatic rings. The van der Waals surface area contributed by atoms with Crippen molar-refractivity contribution in [3.63, 3.8) is 0 Å². The zero-order valence-corrected chi connectivity index (χ0v) is 13.2. The van der Waals surface area contributed by atoms with Crippen LogP contribution in [0.15, 0.2) is 24.3 Å². The van der Waals surface area contributed by atoms with Crippen LogP contribution < -0.4 is 11.1 Å². The first-order valence-electron chi connectivity index (χ1n) is 7.73. The summed E-state index contributed by atoms with van der Waals surface area (Å²) >= 11 is 0. The molecule has 2 atom stereocenters. The van der Waals surface area contributed by atoms with Crippen LogP contribution in [-0.2, 0) is 4.74 Å². The Hall–Kier alpha value is -1.55. The van der Waals surface area contributed by atoms with Gasteiger partial charge in [0.2, 0.25) is 0 Å². The van der Waals surface area contributed by atoms with Crippen LogP contribution in [0, 0.1) is 5.41 Å². The average molecular weight is 290 g/mol. The molecule has 1 fully saturated rings. The van der Waals surface area contributed by atoms with Gasteiger partial charge in [0.15, 0.2) is 0 Å². The van der Waals surface area contributed by atoms with Gasteiger partial charge < -0.3 is 15.8 Å². The maximum atomic E-state index is 12.2. The molecule has 0 aliphatic heterocycles. The third-order valence-electron chi connectivity index (χ3n) is 4.45. The van der Waals surface area contributed by atoms with E-state index in [2.05, 4.69) is 26.1 Å². The third-order valence-corrected chi connectivity index (χ3v) is 4.45. The monoisotopic (exact) mass is 290 g/mol. The molecule has 1 aliphatic rings. The maximum absolute atomic E-state index is 12.2. The van der Waals surface area contributed by atoms with Gasteiger partial charge in [-0.25, -0.2) is 0 Å². The fraction of sp³-hybridized carbons (Fsp3) is 0.588. The smallest absolute Gasteiger partial charge is 0.251 e. The van der Waals surface area contributed by atoms with Crippen LogP contribution >= 0.6 is 0 Å². The van der Waals surface area contributed by atoms with Crippen LogP contribution in [0.2, 0.25) is 0 Å². The zero-order valence-electron chi connectivity index (χ0n) is 13.2. The van der Waals surface area contributed by atoms with Gasteiger partial charge in [0, 0.05) is 29.3 Å². The maximum Gasteiger partial charge on any atom is 0.251 e. The molecule has 1 amide bonds. The highest BCUT2D eigenvalue weighted by atomic mass is 16.5. The Labute approximate surface area is 127 Å². The molecule has 116 valence electrons. The van der Waals surface area contributed by atoms with Crippen LogP contribution in [0.5, 0.6) is 0 Å². The lowest BCUT2D eigenvalue weighted by molar-refractivity contribution is -0.115. The number of carbonyl (C=O) groups is 1. The van der Waals surface area contributed by atoms with E-state index in [1.807, 2.05) is 0 Å². The molecule has 2 unspecified atom stereocenters. The van der Waals surface area contributed by atoms with Gasteiger partial charge in [-0.3, -0.25) is 4.79 Å². The molecule has 0 radical (unpaired) electrons. The number of unbranched alkanes of at least 4 members (excludes halogenated alkanes) is 1. The van der Waals surface area contributed by atoms with Crippen LogP contribution in [0.4, 0.5) is 5.69 Å². The van der Waals surface area contributed by atoms with Gasteiger partial charge in [-0.15, -0.1) is 0 Å². The number of ether oxygens (including phenoxy) is 1. The van der Waals surface area contributed by atoms with E-state index in [1.54, 1.807) is 24.3 Å². The number of rotatable bonds is 6. The lowest BCUT2D eigenvalue weighted by Gasteiger charge is -2.51. The Morgan fingerprint density at radius 3 is 2.86 bits per heavy atom. The molecule has 0 bridgehead atoms. The van der Waals surface area contributed by atoms with Crippen LogP contribution in [0.3, 0.4) is 0 Å². The van der Waals surface area contributed by atoms with E-state index >= 15 is 0 Å². The lowest BCUT2D eigenvalue weighted by atomic mass is 9.64. The molecule has 0 heterocycles. The Morgan fingerprint density at radius 1 is 1.48 bits per heavy atom. The van der Waals surface area contributed by atoms with Crippen molar-refractivity contribution in [2.24, 2.45) is 5.41 Å². The van der Waals surface area contributed by atoms with Gasteiger partial charge in [0.05, 0.1) is 6.10 Å². The van der Waals surface area contributed by atoms with Gasteiger partial charge in [0.1, 0.15) is 0 Å². The fourth-order valence-corrected chi connectivity index (χ4v) is 2.70. The predicted molar refractivity (Wildman–Crippen MR) is 85.2 cm³/mol. The molecule has 3 N–H and O–H groups in total. The van der Waals surface area contributed by atoms with Crippen LogP contribution in [-0.4, -0.2) is 24.7 Å². The second-order valence-electron chi connectivity index (χ2n) is 6.42. The number of nitrogens with one attached hydrogen (secondary N) is 1. The van der Waals surface area contributed by atoms with Gasteiger partial charge in [-0.2, -0.15) is 0 Å². The van der Waals surface area contributed by atoms with Crippen molar-refractivity contribution in [1.29, 1.82) is 0 Å². The molecular formula is C17H26N2O2. The standard InChI is InChI=1S/C17H26N2O2/c1-4-5-9-21-15-11-14(17(15,2)3)19-16(20)12-7-6-8-13(18)10-12/h6-8,10,14-15H,4-5,9,11,18H2,1-3H3,(H,19,20). The minimum Gasteiger partial charge on any atom is -0.399 e. The molecule has 4 heteroatoms. The van der Waals surface area contributed by atoms with Crippen molar-refractivity contribution in [3.05, 3.63) is 29.8 Å². The number of hydrogen-bond acceptors (Lipinski definition) is 3. The first-order valence-corrected chi connectivity index (χ1v) is 7.73. The van der Waals surface area contributed by atoms with Crippen molar-refractivity contribution < 1.29 is 9.53 Å². The van der Waals surface area contributed by atoms with E-state index < -0.39 is 0 Å². The van der Waals surface area contributed by atoms with Gasteiger partial charge >= 0.3 is 0 Å². The highest BCUT2D eigenvalue weighted by molar-refractivity contribution is 5.95. The molecule has 1 saturated carbocycles. The highest BCUT2D eigenvalue weighted by Gasteiger charge is 2.49. The summed E-state index contributed by atoms with van der Waals surface area (Å²) < 4.78 is 5.90. The molecule has 0 spiro atoms. The van der Waals surface area contributed by atoms with Crippen molar-refractivity contribution in [1.82, 2.24) is 5.32 Å². The molecule has 1 aromatic carbocycles. The molecule has 4 nitrogen and oxygen atoms in total. The molecule has 21 heavy (non-hydrogen) atoms. The first kappa shape index (κ1) is 15.8. The Morgan fingerprint density at radius 2 is 2.24 bits per heavy atom.